The zero-order valence-corrected chi connectivity index (χ0v) is 27.4. The Kier molecular flexibility index (Phi) is 15.5. The Hall–Kier alpha value is -4.14. The van der Waals surface area contributed by atoms with Crippen LogP contribution >= 0.6 is 0 Å². The summed E-state index contributed by atoms with van der Waals surface area (Å²) in [7, 11) is 0. The molecule has 0 saturated carbocycles. The van der Waals surface area contributed by atoms with Gasteiger partial charge in [-0.05, 0) is 78.9 Å². The zero-order chi connectivity index (χ0) is 34.1. The van der Waals surface area contributed by atoms with Crippen LogP contribution in [-0.2, 0) is 9.53 Å². The highest BCUT2D eigenvalue weighted by Gasteiger charge is 2.42. The molecule has 0 spiro atoms. The van der Waals surface area contributed by atoms with E-state index in [9.17, 15) is 27.6 Å². The van der Waals surface area contributed by atoms with Crippen molar-refractivity contribution in [1.29, 1.82) is 0 Å². The van der Waals surface area contributed by atoms with Gasteiger partial charge >= 0.3 is 18.1 Å². The number of rotatable bonds is 19. The number of alkyl halides is 3. The van der Waals surface area contributed by atoms with Gasteiger partial charge in [-0.25, -0.2) is 4.79 Å². The third-order valence-electron chi connectivity index (χ3n) is 7.86. The standard InChI is InChI=1S/C38H46F3NO5/c1-3-5-7-9-10-11-13-15-35(43)46-33-26-22-29(23-27-33)28-16-18-30(19-17-28)36(44)42-32-24-20-31(21-25-32)37(45)47-34(38(39,40)41)14-12-8-6-4-2/h16-27,34H,3-15H2,1-2H3,(H,42,44). The van der Waals surface area contributed by atoms with Crippen molar-refractivity contribution in [3.05, 3.63) is 83.9 Å². The molecule has 9 heteroatoms. The summed E-state index contributed by atoms with van der Waals surface area (Å²) in [6, 6.07) is 19.7. The van der Waals surface area contributed by atoms with Gasteiger partial charge in [0.15, 0.2) is 6.10 Å². The van der Waals surface area contributed by atoms with Crippen LogP contribution in [0.2, 0.25) is 0 Å². The van der Waals surface area contributed by atoms with Crippen LogP contribution in [0.25, 0.3) is 11.1 Å². The van der Waals surface area contributed by atoms with E-state index in [1.807, 2.05) is 19.1 Å². The number of unbranched alkanes of at least 4 members (excludes halogenated alkanes) is 9. The number of nitrogens with one attached hydrogen (secondary N) is 1. The van der Waals surface area contributed by atoms with Gasteiger partial charge in [-0.3, -0.25) is 9.59 Å². The van der Waals surface area contributed by atoms with E-state index >= 15 is 0 Å². The van der Waals surface area contributed by atoms with Gasteiger partial charge in [-0.15, -0.1) is 0 Å². The second kappa shape index (κ2) is 19.5. The first kappa shape index (κ1) is 37.3. The molecular formula is C38H46F3NO5. The highest BCUT2D eigenvalue weighted by molar-refractivity contribution is 6.04. The Balaban J connectivity index is 1.48. The minimum absolute atomic E-state index is 0.0379. The second-order valence-corrected chi connectivity index (χ2v) is 11.8. The maximum atomic E-state index is 13.4. The molecular weight excluding hydrogens is 607 g/mol. The van der Waals surface area contributed by atoms with E-state index < -0.39 is 18.2 Å². The van der Waals surface area contributed by atoms with E-state index in [0.717, 1.165) is 43.2 Å². The van der Waals surface area contributed by atoms with Crippen LogP contribution in [0.15, 0.2) is 72.8 Å². The fourth-order valence-electron chi connectivity index (χ4n) is 5.07. The lowest BCUT2D eigenvalue weighted by molar-refractivity contribution is -0.206. The molecule has 0 bridgehead atoms. The number of anilines is 1. The topological polar surface area (TPSA) is 81.7 Å². The summed E-state index contributed by atoms with van der Waals surface area (Å²) in [6.45, 7) is 4.15. The van der Waals surface area contributed by atoms with Crippen molar-refractivity contribution < 1.29 is 37.0 Å². The highest BCUT2D eigenvalue weighted by atomic mass is 19.4. The Morgan fingerprint density at radius 1 is 0.660 bits per heavy atom. The van der Waals surface area contributed by atoms with Crippen molar-refractivity contribution in [1.82, 2.24) is 0 Å². The third kappa shape index (κ3) is 13.2. The predicted molar refractivity (Wildman–Crippen MR) is 179 cm³/mol. The van der Waals surface area contributed by atoms with E-state index in [0.29, 0.717) is 36.3 Å². The first-order valence-corrected chi connectivity index (χ1v) is 16.7. The van der Waals surface area contributed by atoms with Crippen molar-refractivity contribution >= 4 is 23.5 Å². The molecule has 6 nitrogen and oxygen atoms in total. The molecule has 47 heavy (non-hydrogen) atoms. The van der Waals surface area contributed by atoms with Gasteiger partial charge in [0.25, 0.3) is 5.91 Å². The lowest BCUT2D eigenvalue weighted by atomic mass is 10.0. The molecule has 0 aromatic heterocycles. The molecule has 0 saturated heterocycles. The number of ether oxygens (including phenoxy) is 2. The minimum atomic E-state index is -4.64. The molecule has 3 aromatic carbocycles. The quantitative estimate of drug-likeness (QED) is 0.0791. The fourth-order valence-corrected chi connectivity index (χ4v) is 5.07. The molecule has 1 unspecified atom stereocenters. The molecule has 1 atom stereocenters. The largest absolute Gasteiger partial charge is 0.449 e. The molecule has 0 radical (unpaired) electrons. The predicted octanol–water partition coefficient (Wildman–Crippen LogP) is 10.7. The second-order valence-electron chi connectivity index (χ2n) is 11.8. The number of carbonyl (C=O) groups excluding carboxylic acids is 3. The summed E-state index contributed by atoms with van der Waals surface area (Å²) in [5.41, 5.74) is 2.49. The number of esters is 2. The maximum Gasteiger partial charge on any atom is 0.425 e. The number of benzene rings is 3. The van der Waals surface area contributed by atoms with E-state index in [1.165, 1.54) is 49.9 Å². The van der Waals surface area contributed by atoms with Gasteiger partial charge in [0.05, 0.1) is 5.56 Å². The Morgan fingerprint density at radius 2 is 1.17 bits per heavy atom. The van der Waals surface area contributed by atoms with Gasteiger partial charge in [0, 0.05) is 17.7 Å². The summed E-state index contributed by atoms with van der Waals surface area (Å²) >= 11 is 0. The SMILES string of the molecule is CCCCCCCCCC(=O)Oc1ccc(-c2ccc(C(=O)Nc3ccc(C(=O)OC(CCCCCC)C(F)(F)F)cc3)cc2)cc1. The first-order chi connectivity index (χ1) is 22.6. The lowest BCUT2D eigenvalue weighted by Gasteiger charge is -2.20. The monoisotopic (exact) mass is 653 g/mol. The molecule has 0 aliphatic heterocycles. The lowest BCUT2D eigenvalue weighted by Crippen LogP contribution is -2.33. The first-order valence-electron chi connectivity index (χ1n) is 16.7. The highest BCUT2D eigenvalue weighted by Crippen LogP contribution is 2.28. The Labute approximate surface area is 276 Å². The average Bonchev–Trinajstić information content (AvgIpc) is 3.06. The minimum Gasteiger partial charge on any atom is -0.449 e. The van der Waals surface area contributed by atoms with Crippen LogP contribution in [0.5, 0.6) is 5.75 Å². The number of carbonyl (C=O) groups is 3. The Morgan fingerprint density at radius 3 is 1.74 bits per heavy atom. The van der Waals surface area contributed by atoms with Gasteiger partial charge in [0.2, 0.25) is 0 Å². The van der Waals surface area contributed by atoms with E-state index in [2.05, 4.69) is 12.2 Å². The van der Waals surface area contributed by atoms with Crippen LogP contribution in [0.3, 0.4) is 0 Å². The van der Waals surface area contributed by atoms with Crippen LogP contribution < -0.4 is 10.1 Å². The van der Waals surface area contributed by atoms with Crippen LogP contribution in [0.1, 0.15) is 118 Å². The van der Waals surface area contributed by atoms with Gasteiger partial charge < -0.3 is 14.8 Å². The summed E-state index contributed by atoms with van der Waals surface area (Å²) in [4.78, 5) is 37.4. The Bertz CT molecular complexity index is 1390. The number of amides is 1. The smallest absolute Gasteiger partial charge is 0.425 e. The van der Waals surface area contributed by atoms with Crippen molar-refractivity contribution in [2.24, 2.45) is 0 Å². The van der Waals surface area contributed by atoms with E-state index in [1.54, 1.807) is 36.4 Å². The van der Waals surface area contributed by atoms with E-state index in [4.69, 9.17) is 9.47 Å². The molecule has 1 amide bonds. The van der Waals surface area contributed by atoms with Crippen LogP contribution in [0, 0.1) is 0 Å². The molecule has 3 rings (SSSR count). The molecule has 254 valence electrons. The normalized spacial score (nSPS) is 11.9. The average molecular weight is 654 g/mol. The number of hydrogen-bond acceptors (Lipinski definition) is 5. The van der Waals surface area contributed by atoms with Crippen molar-refractivity contribution in [3.63, 3.8) is 0 Å². The molecule has 0 aliphatic rings. The van der Waals surface area contributed by atoms with Gasteiger partial charge in [0.1, 0.15) is 5.75 Å². The van der Waals surface area contributed by atoms with Crippen molar-refractivity contribution in [2.75, 3.05) is 5.32 Å². The van der Waals surface area contributed by atoms with Crippen LogP contribution in [-0.4, -0.2) is 30.1 Å². The van der Waals surface area contributed by atoms with Crippen molar-refractivity contribution in [3.8, 4) is 16.9 Å². The summed E-state index contributed by atoms with van der Waals surface area (Å²) in [5.74, 6) is -1.20. The zero-order valence-electron chi connectivity index (χ0n) is 27.4. The van der Waals surface area contributed by atoms with Gasteiger partial charge in [-0.2, -0.15) is 13.2 Å². The number of hydrogen-bond donors (Lipinski definition) is 1. The van der Waals surface area contributed by atoms with E-state index in [-0.39, 0.29) is 23.9 Å². The molecule has 0 aliphatic carbocycles. The maximum absolute atomic E-state index is 13.4. The summed E-state index contributed by atoms with van der Waals surface area (Å²) < 4.78 is 50.4. The molecule has 0 heterocycles. The van der Waals surface area contributed by atoms with Crippen LogP contribution in [0.4, 0.5) is 18.9 Å². The summed E-state index contributed by atoms with van der Waals surface area (Å²) in [5, 5.41) is 2.72. The fraction of sp³-hybridized carbons (Fsp3) is 0.447. The molecule has 0 fully saturated rings. The molecule has 3 aromatic rings. The molecule has 1 N–H and O–H groups in total. The summed E-state index contributed by atoms with van der Waals surface area (Å²) in [6.07, 6.45) is 3.94. The van der Waals surface area contributed by atoms with Crippen molar-refractivity contribution in [2.45, 2.75) is 110 Å². The third-order valence-corrected chi connectivity index (χ3v) is 7.86. The van der Waals surface area contributed by atoms with Gasteiger partial charge in [-0.1, -0.05) is 95.9 Å². The number of halogens is 3.